The van der Waals surface area contributed by atoms with Crippen molar-refractivity contribution in [3.8, 4) is 5.75 Å². The zero-order chi connectivity index (χ0) is 17.4. The van der Waals surface area contributed by atoms with Crippen molar-refractivity contribution in [1.29, 1.82) is 0 Å². The first-order valence-electron chi connectivity index (χ1n) is 8.37. The van der Waals surface area contributed by atoms with Gasteiger partial charge < -0.3 is 15.8 Å². The standard InChI is InChI=1S/C17H26N4OS2/c1-3-21-11-5-6-15(12-21)22-14-9-7-13(8-10-14)19-17(23)20-16(18)24-4-2/h7-10,15H,3-6,11-12H2,1-2H3,(H3,18,19,20,23). The number of nitrogens with two attached hydrogens (primary N) is 1. The van der Waals surface area contributed by atoms with Gasteiger partial charge in [-0.05, 0) is 68.2 Å². The summed E-state index contributed by atoms with van der Waals surface area (Å²) in [4.78, 5) is 6.57. The third-order valence-electron chi connectivity index (χ3n) is 3.82. The third-order valence-corrected chi connectivity index (χ3v) is 4.69. The van der Waals surface area contributed by atoms with E-state index >= 15 is 0 Å². The molecule has 1 atom stereocenters. The van der Waals surface area contributed by atoms with Gasteiger partial charge in [0.25, 0.3) is 0 Å². The Morgan fingerprint density at radius 1 is 1.42 bits per heavy atom. The molecule has 1 aromatic rings. The smallest absolute Gasteiger partial charge is 0.199 e. The maximum atomic E-state index is 6.09. The van der Waals surface area contributed by atoms with E-state index in [9.17, 15) is 0 Å². The minimum atomic E-state index is 0.272. The van der Waals surface area contributed by atoms with Crippen molar-refractivity contribution in [2.45, 2.75) is 32.8 Å². The number of nitrogens with one attached hydrogen (secondary N) is 1. The highest BCUT2D eigenvalue weighted by molar-refractivity contribution is 8.13. The van der Waals surface area contributed by atoms with Crippen LogP contribution in [0.5, 0.6) is 5.75 Å². The molecule has 1 unspecified atom stereocenters. The number of benzene rings is 1. The number of thioether (sulfide) groups is 1. The number of rotatable bonds is 5. The number of piperidine rings is 1. The summed E-state index contributed by atoms with van der Waals surface area (Å²) in [5.41, 5.74) is 6.63. The molecule has 0 amide bonds. The molecule has 0 aromatic heterocycles. The first-order chi connectivity index (χ1) is 11.6. The van der Waals surface area contributed by atoms with Crippen LogP contribution in [0.3, 0.4) is 0 Å². The highest BCUT2D eigenvalue weighted by Gasteiger charge is 2.19. The summed E-state index contributed by atoms with van der Waals surface area (Å²) in [6.07, 6.45) is 2.58. The van der Waals surface area contributed by atoms with Gasteiger partial charge in [-0.1, -0.05) is 25.6 Å². The Kier molecular flexibility index (Phi) is 7.81. The van der Waals surface area contributed by atoms with Crippen molar-refractivity contribution < 1.29 is 4.74 Å². The van der Waals surface area contributed by atoms with Gasteiger partial charge in [0.05, 0.1) is 0 Å². The van der Waals surface area contributed by atoms with Gasteiger partial charge in [0.2, 0.25) is 0 Å². The summed E-state index contributed by atoms with van der Waals surface area (Å²) < 4.78 is 6.09. The maximum Gasteiger partial charge on any atom is 0.199 e. The molecule has 1 fully saturated rings. The topological polar surface area (TPSA) is 62.9 Å². The van der Waals surface area contributed by atoms with E-state index in [0.717, 1.165) is 36.7 Å². The summed E-state index contributed by atoms with van der Waals surface area (Å²) in [6.45, 7) is 7.48. The van der Waals surface area contributed by atoms with Crippen molar-refractivity contribution in [2.24, 2.45) is 10.7 Å². The number of hydrogen-bond acceptors (Lipinski definition) is 4. The number of thiocarbonyl (C=S) groups is 1. The minimum Gasteiger partial charge on any atom is -0.489 e. The van der Waals surface area contributed by atoms with Crippen LogP contribution in [-0.2, 0) is 0 Å². The Balaban J connectivity index is 1.86. The first-order valence-corrected chi connectivity index (χ1v) is 9.77. The number of likely N-dealkylation sites (tertiary alicyclic amines) is 1. The summed E-state index contributed by atoms with van der Waals surface area (Å²) in [5, 5.41) is 3.91. The zero-order valence-corrected chi connectivity index (χ0v) is 16.0. The molecule has 0 spiro atoms. The highest BCUT2D eigenvalue weighted by atomic mass is 32.2. The zero-order valence-electron chi connectivity index (χ0n) is 14.3. The molecular formula is C17H26N4OS2. The number of likely N-dealkylation sites (N-methyl/N-ethyl adjacent to an activating group) is 1. The molecule has 1 aromatic carbocycles. The summed E-state index contributed by atoms with van der Waals surface area (Å²) in [5.74, 6) is 1.76. The van der Waals surface area contributed by atoms with Gasteiger partial charge in [-0.2, -0.15) is 4.99 Å². The van der Waals surface area contributed by atoms with Crippen molar-refractivity contribution in [3.05, 3.63) is 24.3 Å². The Labute approximate surface area is 154 Å². The second-order valence-corrected chi connectivity index (χ2v) is 7.28. The molecule has 1 heterocycles. The van der Waals surface area contributed by atoms with Crippen LogP contribution in [0, 0.1) is 0 Å². The van der Waals surface area contributed by atoms with Gasteiger partial charge in [-0.25, -0.2) is 0 Å². The molecule has 24 heavy (non-hydrogen) atoms. The van der Waals surface area contributed by atoms with Crippen molar-refractivity contribution in [3.63, 3.8) is 0 Å². The second kappa shape index (κ2) is 9.86. The molecule has 1 aliphatic rings. The van der Waals surface area contributed by atoms with Gasteiger partial charge in [-0.3, -0.25) is 4.90 Å². The van der Waals surface area contributed by atoms with Crippen LogP contribution in [0.1, 0.15) is 26.7 Å². The van der Waals surface area contributed by atoms with Crippen LogP contribution in [0.25, 0.3) is 0 Å². The first kappa shape index (κ1) is 19.0. The van der Waals surface area contributed by atoms with E-state index in [1.165, 1.54) is 24.7 Å². The molecule has 2 rings (SSSR count). The monoisotopic (exact) mass is 366 g/mol. The average Bonchev–Trinajstić information content (AvgIpc) is 2.57. The molecule has 3 N–H and O–H groups in total. The van der Waals surface area contributed by atoms with Gasteiger partial charge in [0, 0.05) is 12.2 Å². The van der Waals surface area contributed by atoms with Crippen LogP contribution in [0.2, 0.25) is 0 Å². The lowest BCUT2D eigenvalue weighted by Gasteiger charge is -2.32. The highest BCUT2D eigenvalue weighted by Crippen LogP contribution is 2.20. The van der Waals surface area contributed by atoms with Crippen LogP contribution in [0.15, 0.2) is 29.3 Å². The Hall–Kier alpha value is -1.31. The lowest BCUT2D eigenvalue weighted by molar-refractivity contribution is 0.0920. The molecule has 1 saturated heterocycles. The van der Waals surface area contributed by atoms with Crippen LogP contribution in [0.4, 0.5) is 5.69 Å². The Morgan fingerprint density at radius 2 is 2.17 bits per heavy atom. The van der Waals surface area contributed by atoms with Crippen LogP contribution >= 0.6 is 24.0 Å². The second-order valence-electron chi connectivity index (χ2n) is 5.61. The van der Waals surface area contributed by atoms with E-state index in [0.29, 0.717) is 10.3 Å². The summed E-state index contributed by atoms with van der Waals surface area (Å²) in [6, 6.07) is 7.81. The van der Waals surface area contributed by atoms with E-state index in [2.05, 4.69) is 22.1 Å². The number of hydrogen-bond donors (Lipinski definition) is 2. The van der Waals surface area contributed by atoms with E-state index < -0.39 is 0 Å². The third kappa shape index (κ3) is 6.30. The minimum absolute atomic E-state index is 0.272. The fourth-order valence-corrected chi connectivity index (χ4v) is 3.36. The molecular weight excluding hydrogens is 340 g/mol. The molecule has 5 nitrogen and oxygen atoms in total. The number of anilines is 1. The number of ether oxygens (including phenoxy) is 1. The van der Waals surface area contributed by atoms with E-state index in [1.54, 1.807) is 0 Å². The average molecular weight is 367 g/mol. The van der Waals surface area contributed by atoms with E-state index in [1.807, 2.05) is 31.2 Å². The maximum absolute atomic E-state index is 6.09. The molecule has 0 saturated carbocycles. The molecule has 1 aliphatic heterocycles. The predicted molar refractivity (Wildman–Crippen MR) is 108 cm³/mol. The number of amidine groups is 1. The van der Waals surface area contributed by atoms with Crippen molar-refractivity contribution in [1.82, 2.24) is 4.90 Å². The molecule has 132 valence electrons. The Morgan fingerprint density at radius 3 is 2.83 bits per heavy atom. The lowest BCUT2D eigenvalue weighted by atomic mass is 10.1. The van der Waals surface area contributed by atoms with Crippen LogP contribution in [-0.4, -0.2) is 46.7 Å². The van der Waals surface area contributed by atoms with Crippen molar-refractivity contribution >= 4 is 39.9 Å². The number of aliphatic imine (C=N–C) groups is 1. The normalized spacial score (nSPS) is 19.1. The van der Waals surface area contributed by atoms with E-state index in [4.69, 9.17) is 22.7 Å². The van der Waals surface area contributed by atoms with Crippen molar-refractivity contribution in [2.75, 3.05) is 30.7 Å². The van der Waals surface area contributed by atoms with Gasteiger partial charge in [-0.15, -0.1) is 0 Å². The summed E-state index contributed by atoms with van der Waals surface area (Å²) in [7, 11) is 0. The Bertz CT molecular complexity index is 562. The predicted octanol–water partition coefficient (Wildman–Crippen LogP) is 3.31. The summed E-state index contributed by atoms with van der Waals surface area (Å²) >= 11 is 6.66. The van der Waals surface area contributed by atoms with Gasteiger partial charge in [0.1, 0.15) is 11.9 Å². The quantitative estimate of drug-likeness (QED) is 0.474. The fraction of sp³-hybridized carbons (Fsp3) is 0.529. The molecule has 0 bridgehead atoms. The fourth-order valence-electron chi connectivity index (χ4n) is 2.64. The van der Waals surface area contributed by atoms with E-state index in [-0.39, 0.29) is 6.10 Å². The largest absolute Gasteiger partial charge is 0.489 e. The molecule has 7 heteroatoms. The van der Waals surface area contributed by atoms with Gasteiger partial charge in [0.15, 0.2) is 10.3 Å². The van der Waals surface area contributed by atoms with Gasteiger partial charge >= 0.3 is 0 Å². The molecule has 0 aliphatic carbocycles. The number of nitrogens with zero attached hydrogens (tertiary/aromatic N) is 2. The lowest BCUT2D eigenvalue weighted by Crippen LogP contribution is -2.40. The SMILES string of the molecule is CCS/C(N)=N/C(=S)Nc1ccc(OC2CCCN(CC)C2)cc1. The van der Waals surface area contributed by atoms with Crippen LogP contribution < -0.4 is 15.8 Å². The molecule has 0 radical (unpaired) electrons.